The molecule has 0 amide bonds. The molecule has 5 nitrogen and oxygen atoms in total. The molecule has 1 atom stereocenters. The number of aromatic amines is 2. The molecular weight excluding hydrogens is 371 g/mol. The number of hydrogen-bond donors (Lipinski definition) is 3. The third-order valence-electron chi connectivity index (χ3n) is 5.17. The van der Waals surface area contributed by atoms with Crippen molar-refractivity contribution in [3.8, 4) is 0 Å². The molecule has 2 aliphatic rings. The summed E-state index contributed by atoms with van der Waals surface area (Å²) in [6.45, 7) is 0. The lowest BCUT2D eigenvalue weighted by atomic mass is 9.80. The topological polar surface area (TPSA) is 77.8 Å². The van der Waals surface area contributed by atoms with Crippen molar-refractivity contribution in [3.63, 3.8) is 0 Å². The Labute approximate surface area is 155 Å². The Hall–Kier alpha value is -3.55. The highest BCUT2D eigenvalue weighted by Gasteiger charge is 2.45. The zero-order valence-corrected chi connectivity index (χ0v) is 14.1. The Bertz CT molecular complexity index is 1230. The van der Waals surface area contributed by atoms with Gasteiger partial charge in [-0.1, -0.05) is 42.5 Å². The van der Waals surface area contributed by atoms with E-state index in [0.717, 1.165) is 6.07 Å². The van der Waals surface area contributed by atoms with E-state index in [4.69, 9.17) is 0 Å². The number of anilines is 1. The average molecular weight is 383 g/mol. The van der Waals surface area contributed by atoms with Gasteiger partial charge in [0.1, 0.15) is 5.82 Å². The molecule has 2 heterocycles. The van der Waals surface area contributed by atoms with E-state index in [-0.39, 0.29) is 28.3 Å². The Morgan fingerprint density at radius 3 is 2.29 bits per heavy atom. The Morgan fingerprint density at radius 1 is 0.857 bits per heavy atom. The van der Waals surface area contributed by atoms with Gasteiger partial charge in [0.05, 0.1) is 16.8 Å². The number of benzene rings is 2. The smallest absolute Gasteiger partial charge is 0.339 e. The molecule has 0 radical (unpaired) electrons. The number of alkyl halides is 3. The molecule has 28 heavy (non-hydrogen) atoms. The van der Waals surface area contributed by atoms with Gasteiger partial charge in [-0.15, -0.1) is 0 Å². The van der Waals surface area contributed by atoms with Gasteiger partial charge in [-0.25, -0.2) is 0 Å². The Kier molecular flexibility index (Phi) is 3.25. The number of Topliss-reactive ketones (excluding diaryl/α,β-unsaturated/α-hetero) is 1. The molecule has 0 unspecified atom stereocenters. The van der Waals surface area contributed by atoms with Crippen molar-refractivity contribution in [1.29, 1.82) is 0 Å². The zero-order valence-electron chi connectivity index (χ0n) is 14.1. The second kappa shape index (κ2) is 5.48. The highest BCUT2D eigenvalue weighted by molar-refractivity contribution is 6.23. The molecule has 5 rings (SSSR count). The van der Waals surface area contributed by atoms with Gasteiger partial charge in [0.25, 0.3) is 5.56 Å². The maximum Gasteiger partial charge on any atom is 0.416 e. The van der Waals surface area contributed by atoms with Crippen LogP contribution in [0.5, 0.6) is 0 Å². The number of halogens is 3. The summed E-state index contributed by atoms with van der Waals surface area (Å²) in [5.74, 6) is -1.26. The predicted molar refractivity (Wildman–Crippen MR) is 96.0 cm³/mol. The maximum absolute atomic E-state index is 13.7. The van der Waals surface area contributed by atoms with Crippen LogP contribution in [0.1, 0.15) is 38.5 Å². The van der Waals surface area contributed by atoms with E-state index < -0.39 is 23.2 Å². The number of allylic oxidation sites excluding steroid dienone is 1. The van der Waals surface area contributed by atoms with Crippen molar-refractivity contribution in [2.75, 3.05) is 5.32 Å². The van der Waals surface area contributed by atoms with Gasteiger partial charge in [0, 0.05) is 22.6 Å². The minimum Gasteiger partial charge on any atom is -0.339 e. The summed E-state index contributed by atoms with van der Waals surface area (Å²) < 4.78 is 41.1. The molecule has 0 saturated carbocycles. The van der Waals surface area contributed by atoms with Gasteiger partial charge in [-0.3, -0.25) is 19.8 Å². The zero-order chi connectivity index (χ0) is 19.6. The summed E-state index contributed by atoms with van der Waals surface area (Å²) in [5, 5.41) is 8.08. The lowest BCUT2D eigenvalue weighted by Crippen LogP contribution is -2.25. The minimum absolute atomic E-state index is 0.0663. The molecule has 3 aromatic rings. The van der Waals surface area contributed by atoms with Gasteiger partial charge < -0.3 is 5.32 Å². The largest absolute Gasteiger partial charge is 0.416 e. The van der Waals surface area contributed by atoms with Crippen molar-refractivity contribution in [2.45, 2.75) is 12.1 Å². The van der Waals surface area contributed by atoms with Crippen LogP contribution in [0.4, 0.5) is 19.0 Å². The molecule has 140 valence electrons. The van der Waals surface area contributed by atoms with Gasteiger partial charge in [-0.05, 0) is 11.6 Å². The molecule has 0 spiro atoms. The standard InChI is InChI=1S/C20H12F3N3O2/c21-20(22,23)12-8-4-3-7-11(12)13-14-16(24-18-15(13)19(28)26-25-18)9-5-1-2-6-10(9)17(14)27/h1-8,13H,(H3,24,25,26,28)/t13-/m0/s1. The minimum atomic E-state index is -4.63. The van der Waals surface area contributed by atoms with Crippen LogP contribution in [0, 0.1) is 0 Å². The molecule has 0 bridgehead atoms. The first-order chi connectivity index (χ1) is 13.4. The number of carbonyl (C=O) groups excluding carboxylic acids is 1. The van der Waals surface area contributed by atoms with E-state index >= 15 is 0 Å². The van der Waals surface area contributed by atoms with E-state index in [1.54, 1.807) is 24.3 Å². The van der Waals surface area contributed by atoms with Crippen LogP contribution in [0.15, 0.2) is 58.9 Å². The molecule has 3 N–H and O–H groups in total. The van der Waals surface area contributed by atoms with Crippen molar-refractivity contribution in [2.24, 2.45) is 0 Å². The van der Waals surface area contributed by atoms with Crippen molar-refractivity contribution >= 4 is 17.3 Å². The predicted octanol–water partition coefficient (Wildman–Crippen LogP) is 3.89. The van der Waals surface area contributed by atoms with Crippen molar-refractivity contribution < 1.29 is 18.0 Å². The Balaban J connectivity index is 1.84. The third kappa shape index (κ3) is 2.14. The number of rotatable bonds is 1. The van der Waals surface area contributed by atoms with E-state index in [1.807, 2.05) is 0 Å². The number of ketones is 1. The van der Waals surface area contributed by atoms with E-state index in [0.29, 0.717) is 16.8 Å². The number of carbonyl (C=O) groups is 1. The van der Waals surface area contributed by atoms with Crippen LogP contribution in [0.25, 0.3) is 5.70 Å². The molecule has 0 saturated heterocycles. The molecule has 1 aromatic heterocycles. The first-order valence-electron chi connectivity index (χ1n) is 8.50. The molecule has 0 fully saturated rings. The van der Waals surface area contributed by atoms with Gasteiger partial charge >= 0.3 is 6.18 Å². The van der Waals surface area contributed by atoms with Crippen LogP contribution < -0.4 is 10.9 Å². The highest BCUT2D eigenvalue weighted by Crippen LogP contribution is 2.49. The number of nitrogens with one attached hydrogen (secondary N) is 3. The molecule has 2 aromatic carbocycles. The number of hydrogen-bond acceptors (Lipinski definition) is 3. The average Bonchev–Trinajstić information content (AvgIpc) is 3.19. The first kappa shape index (κ1) is 16.6. The fraction of sp³-hybridized carbons (Fsp3) is 0.100. The number of H-pyrrole nitrogens is 2. The van der Waals surface area contributed by atoms with Crippen LogP contribution in [0.2, 0.25) is 0 Å². The fourth-order valence-corrected chi connectivity index (χ4v) is 4.04. The van der Waals surface area contributed by atoms with Gasteiger partial charge in [0.2, 0.25) is 0 Å². The van der Waals surface area contributed by atoms with E-state index in [9.17, 15) is 22.8 Å². The summed E-state index contributed by atoms with van der Waals surface area (Å²) in [5.41, 5.74) is 0.0681. The third-order valence-corrected chi connectivity index (χ3v) is 5.17. The second-order valence-corrected chi connectivity index (χ2v) is 6.67. The molecule has 8 heteroatoms. The molecule has 1 aliphatic heterocycles. The van der Waals surface area contributed by atoms with Crippen molar-refractivity contribution in [3.05, 3.63) is 92.3 Å². The van der Waals surface area contributed by atoms with Crippen LogP contribution in [-0.2, 0) is 6.18 Å². The molecule has 1 aliphatic carbocycles. The van der Waals surface area contributed by atoms with Gasteiger partial charge in [0.15, 0.2) is 5.78 Å². The van der Waals surface area contributed by atoms with Crippen LogP contribution in [0.3, 0.4) is 0 Å². The summed E-state index contributed by atoms with van der Waals surface area (Å²) >= 11 is 0. The molecular formula is C20H12F3N3O2. The van der Waals surface area contributed by atoms with Crippen LogP contribution >= 0.6 is 0 Å². The SMILES string of the molecule is O=C1C2=C(Nc3[nH][nH]c(=O)c3[C@H]2c2ccccc2C(F)(F)F)c2ccccc21. The fourth-order valence-electron chi connectivity index (χ4n) is 4.04. The normalized spacial score (nSPS) is 17.8. The lowest BCUT2D eigenvalue weighted by molar-refractivity contribution is -0.138. The second-order valence-electron chi connectivity index (χ2n) is 6.67. The number of aromatic nitrogens is 2. The monoisotopic (exact) mass is 383 g/mol. The summed E-state index contributed by atoms with van der Waals surface area (Å²) in [7, 11) is 0. The maximum atomic E-state index is 13.7. The first-order valence-corrected chi connectivity index (χ1v) is 8.50. The lowest BCUT2D eigenvalue weighted by Gasteiger charge is -2.27. The number of fused-ring (bicyclic) bond motifs is 3. The highest BCUT2D eigenvalue weighted by atomic mass is 19.4. The summed E-state index contributed by atoms with van der Waals surface area (Å²) in [6.07, 6.45) is -4.63. The van der Waals surface area contributed by atoms with E-state index in [2.05, 4.69) is 15.5 Å². The van der Waals surface area contributed by atoms with Crippen molar-refractivity contribution in [1.82, 2.24) is 10.2 Å². The quantitative estimate of drug-likeness (QED) is 0.597. The Morgan fingerprint density at radius 2 is 1.54 bits per heavy atom. The van der Waals surface area contributed by atoms with E-state index in [1.165, 1.54) is 18.2 Å². The van der Waals surface area contributed by atoms with Gasteiger partial charge in [-0.2, -0.15) is 13.2 Å². The summed E-state index contributed by atoms with van der Waals surface area (Å²) in [6, 6.07) is 11.8. The summed E-state index contributed by atoms with van der Waals surface area (Å²) in [4.78, 5) is 25.6. The van der Waals surface area contributed by atoms with Crippen LogP contribution in [-0.4, -0.2) is 16.0 Å².